The van der Waals surface area contributed by atoms with Crippen LogP contribution in [0.2, 0.25) is 0 Å². The molecule has 2 N–H and O–H groups in total. The Bertz CT molecular complexity index is 930. The van der Waals surface area contributed by atoms with E-state index in [-0.39, 0.29) is 11.5 Å². The van der Waals surface area contributed by atoms with Gasteiger partial charge in [0.1, 0.15) is 11.6 Å². The van der Waals surface area contributed by atoms with Crippen LogP contribution in [0.3, 0.4) is 0 Å². The molecular formula is C19H18F5N3O3. The number of anilines is 1. The summed E-state index contributed by atoms with van der Waals surface area (Å²) in [6, 6.07) is 6.56. The third-order valence-electron chi connectivity index (χ3n) is 3.82. The van der Waals surface area contributed by atoms with Gasteiger partial charge in [0.05, 0.1) is 6.04 Å². The van der Waals surface area contributed by atoms with Gasteiger partial charge in [0.2, 0.25) is 5.91 Å². The van der Waals surface area contributed by atoms with Gasteiger partial charge in [-0.1, -0.05) is 0 Å². The minimum atomic E-state index is -5.86. The van der Waals surface area contributed by atoms with E-state index >= 15 is 0 Å². The maximum absolute atomic E-state index is 12.9. The van der Waals surface area contributed by atoms with Gasteiger partial charge < -0.3 is 15.4 Å². The number of nitrogens with one attached hydrogen (secondary N) is 2. The summed E-state index contributed by atoms with van der Waals surface area (Å²) in [6.45, 7) is 4.71. The molecule has 0 aliphatic rings. The zero-order chi connectivity index (χ0) is 22.7. The number of alkyl halides is 5. The number of halogens is 5. The summed E-state index contributed by atoms with van der Waals surface area (Å²) in [5.74, 6) is -1.33. The van der Waals surface area contributed by atoms with Crippen molar-refractivity contribution in [1.29, 1.82) is 0 Å². The van der Waals surface area contributed by atoms with Crippen molar-refractivity contribution in [3.05, 3.63) is 53.2 Å². The molecule has 1 aromatic heterocycles. The van der Waals surface area contributed by atoms with E-state index in [0.717, 1.165) is 24.3 Å². The van der Waals surface area contributed by atoms with Crippen molar-refractivity contribution in [3.63, 3.8) is 0 Å². The van der Waals surface area contributed by atoms with Crippen LogP contribution in [0.1, 0.15) is 41.5 Å². The first kappa shape index (κ1) is 23.0. The molecule has 2 rings (SSSR count). The molecule has 1 aromatic carbocycles. The Morgan fingerprint density at radius 1 is 1.07 bits per heavy atom. The molecule has 0 radical (unpaired) electrons. The smallest absolute Gasteiger partial charge is 0.426 e. The monoisotopic (exact) mass is 431 g/mol. The second-order valence-corrected chi connectivity index (χ2v) is 6.44. The van der Waals surface area contributed by atoms with Gasteiger partial charge in [-0.15, -0.1) is 0 Å². The predicted molar refractivity (Wildman–Crippen MR) is 97.2 cm³/mol. The highest BCUT2D eigenvalue weighted by molar-refractivity contribution is 5.94. The number of carbonyl (C=O) groups excluding carboxylic acids is 2. The van der Waals surface area contributed by atoms with E-state index in [9.17, 15) is 31.5 Å². The highest BCUT2D eigenvalue weighted by Crippen LogP contribution is 2.37. The molecule has 1 atom stereocenters. The first-order valence-corrected chi connectivity index (χ1v) is 8.59. The zero-order valence-corrected chi connectivity index (χ0v) is 16.1. The number of hydrogen-bond acceptors (Lipinski definition) is 4. The van der Waals surface area contributed by atoms with Gasteiger partial charge in [-0.2, -0.15) is 22.0 Å². The van der Waals surface area contributed by atoms with Crippen LogP contribution in [-0.4, -0.2) is 29.1 Å². The van der Waals surface area contributed by atoms with Crippen molar-refractivity contribution >= 4 is 17.6 Å². The Hall–Kier alpha value is -3.24. The molecule has 0 fully saturated rings. The number of pyridine rings is 1. The fourth-order valence-corrected chi connectivity index (χ4v) is 2.43. The Morgan fingerprint density at radius 3 is 2.20 bits per heavy atom. The summed E-state index contributed by atoms with van der Waals surface area (Å²) >= 11 is 0. The Kier molecular flexibility index (Phi) is 6.63. The van der Waals surface area contributed by atoms with Crippen LogP contribution in [0.15, 0.2) is 36.4 Å². The maximum atomic E-state index is 12.9. The average Bonchev–Trinajstić information content (AvgIpc) is 2.59. The van der Waals surface area contributed by atoms with Crippen molar-refractivity contribution in [2.45, 2.75) is 39.1 Å². The van der Waals surface area contributed by atoms with Crippen LogP contribution in [0.25, 0.3) is 0 Å². The lowest BCUT2D eigenvalue weighted by Gasteiger charge is -2.20. The van der Waals surface area contributed by atoms with Gasteiger partial charge in [-0.25, -0.2) is 4.98 Å². The predicted octanol–water partition coefficient (Wildman–Crippen LogP) is 4.37. The fraction of sp³-hybridized carbons (Fsp3) is 0.316. The standard InChI is InChI=1S/C19H18F5N3O3/c1-10-8-14(9-16(25-10)27-12(3)28)11(2)26-17(29)13-4-6-15(7-5-13)30-19(23,24)18(20,21)22/h4-9,11H,1-3H3,(H,26,29)(H,25,27,28). The van der Waals surface area contributed by atoms with Crippen molar-refractivity contribution in [1.82, 2.24) is 10.3 Å². The molecule has 11 heteroatoms. The quantitative estimate of drug-likeness (QED) is 0.666. The van der Waals surface area contributed by atoms with Gasteiger partial charge >= 0.3 is 12.3 Å². The zero-order valence-electron chi connectivity index (χ0n) is 16.1. The van der Waals surface area contributed by atoms with E-state index in [0.29, 0.717) is 17.1 Å². The number of hydrogen-bond donors (Lipinski definition) is 2. The second kappa shape index (κ2) is 8.64. The van der Waals surface area contributed by atoms with Gasteiger partial charge in [-0.05, 0) is 55.8 Å². The van der Waals surface area contributed by atoms with Gasteiger partial charge in [0, 0.05) is 18.2 Å². The van der Waals surface area contributed by atoms with Gasteiger partial charge in [0.25, 0.3) is 5.91 Å². The van der Waals surface area contributed by atoms with Crippen molar-refractivity contribution in [2.75, 3.05) is 5.32 Å². The van der Waals surface area contributed by atoms with Crippen LogP contribution in [0.5, 0.6) is 5.75 Å². The number of aromatic nitrogens is 1. The molecule has 0 aliphatic heterocycles. The minimum absolute atomic E-state index is 0.0254. The first-order valence-electron chi connectivity index (χ1n) is 8.59. The number of nitrogens with zero attached hydrogens (tertiary/aromatic N) is 1. The third kappa shape index (κ3) is 5.88. The summed E-state index contributed by atoms with van der Waals surface area (Å²) in [4.78, 5) is 27.7. The largest absolute Gasteiger partial charge is 0.499 e. The number of amides is 2. The van der Waals surface area contributed by atoms with Crippen LogP contribution in [-0.2, 0) is 4.79 Å². The van der Waals surface area contributed by atoms with Crippen molar-refractivity contribution in [3.8, 4) is 5.75 Å². The highest BCUT2D eigenvalue weighted by atomic mass is 19.4. The summed E-state index contributed by atoms with van der Waals surface area (Å²) in [7, 11) is 0. The molecule has 162 valence electrons. The van der Waals surface area contributed by atoms with E-state index in [4.69, 9.17) is 0 Å². The molecule has 1 heterocycles. The number of aryl methyl sites for hydroxylation is 1. The van der Waals surface area contributed by atoms with E-state index in [1.165, 1.54) is 6.92 Å². The summed E-state index contributed by atoms with van der Waals surface area (Å²) in [6.07, 6.45) is -11.2. The normalized spacial score (nSPS) is 12.8. The van der Waals surface area contributed by atoms with E-state index in [1.807, 2.05) is 0 Å². The van der Waals surface area contributed by atoms with E-state index in [1.54, 1.807) is 26.0 Å². The van der Waals surface area contributed by atoms with Crippen LogP contribution >= 0.6 is 0 Å². The molecule has 6 nitrogen and oxygen atoms in total. The maximum Gasteiger partial charge on any atom is 0.499 e. The highest BCUT2D eigenvalue weighted by Gasteiger charge is 2.61. The lowest BCUT2D eigenvalue weighted by atomic mass is 10.1. The molecule has 0 saturated heterocycles. The molecule has 0 saturated carbocycles. The van der Waals surface area contributed by atoms with Crippen LogP contribution < -0.4 is 15.4 Å². The molecule has 2 aromatic rings. The second-order valence-electron chi connectivity index (χ2n) is 6.44. The van der Waals surface area contributed by atoms with Gasteiger partial charge in [0.15, 0.2) is 0 Å². The fourth-order valence-electron chi connectivity index (χ4n) is 2.43. The molecule has 0 aliphatic carbocycles. The molecule has 1 unspecified atom stereocenters. The topological polar surface area (TPSA) is 80.3 Å². The van der Waals surface area contributed by atoms with E-state index in [2.05, 4.69) is 20.4 Å². The number of carbonyl (C=O) groups is 2. The Morgan fingerprint density at radius 2 is 1.67 bits per heavy atom. The van der Waals surface area contributed by atoms with Gasteiger partial charge in [-0.3, -0.25) is 9.59 Å². The summed E-state index contributed by atoms with van der Waals surface area (Å²) in [5, 5.41) is 5.21. The van der Waals surface area contributed by atoms with Crippen molar-refractivity contribution < 1.29 is 36.3 Å². The van der Waals surface area contributed by atoms with E-state index < -0.39 is 30.0 Å². The summed E-state index contributed by atoms with van der Waals surface area (Å²) in [5.41, 5.74) is 1.27. The first-order chi connectivity index (χ1) is 13.8. The molecular weight excluding hydrogens is 413 g/mol. The van der Waals surface area contributed by atoms with Crippen LogP contribution in [0, 0.1) is 6.92 Å². The average molecular weight is 431 g/mol. The Labute approximate surface area is 168 Å². The number of ether oxygens (including phenoxy) is 1. The Balaban J connectivity index is 2.09. The molecule has 0 bridgehead atoms. The minimum Gasteiger partial charge on any atom is -0.426 e. The molecule has 2 amide bonds. The number of rotatable bonds is 6. The molecule has 30 heavy (non-hydrogen) atoms. The number of benzene rings is 1. The van der Waals surface area contributed by atoms with Crippen molar-refractivity contribution in [2.24, 2.45) is 0 Å². The third-order valence-corrected chi connectivity index (χ3v) is 3.82. The lowest BCUT2D eigenvalue weighted by Crippen LogP contribution is -2.41. The SMILES string of the molecule is CC(=O)Nc1cc(C(C)NC(=O)c2ccc(OC(F)(F)C(F)(F)F)cc2)cc(C)n1. The summed E-state index contributed by atoms with van der Waals surface area (Å²) < 4.78 is 66.1. The lowest BCUT2D eigenvalue weighted by molar-refractivity contribution is -0.360. The molecule has 0 spiro atoms. The van der Waals surface area contributed by atoms with Crippen LogP contribution in [0.4, 0.5) is 27.8 Å².